The standard InChI is InChI=1S/C22H30N4O3S/c1-24-13-5-7-20(24)21-8-6-14-25(21)17-22(27)23-18-9-11-19(12-10-18)30(28,29)26-15-3-2-4-16-26/h5,7,9-13,21H,2-4,6,8,14-17H2,1H3,(H,23,27). The van der Waals surface area contributed by atoms with E-state index in [2.05, 4.69) is 20.9 Å². The minimum Gasteiger partial charge on any atom is -0.353 e. The Balaban J connectivity index is 1.37. The van der Waals surface area contributed by atoms with Crippen LogP contribution in [0.2, 0.25) is 0 Å². The summed E-state index contributed by atoms with van der Waals surface area (Å²) in [4.78, 5) is 15.1. The predicted molar refractivity (Wildman–Crippen MR) is 117 cm³/mol. The van der Waals surface area contributed by atoms with Crippen LogP contribution in [-0.4, -0.2) is 54.3 Å². The van der Waals surface area contributed by atoms with Crippen LogP contribution in [0.3, 0.4) is 0 Å². The van der Waals surface area contributed by atoms with Gasteiger partial charge in [-0.1, -0.05) is 6.42 Å². The Labute approximate surface area is 178 Å². The van der Waals surface area contributed by atoms with Crippen molar-refractivity contribution in [3.05, 3.63) is 48.3 Å². The summed E-state index contributed by atoms with van der Waals surface area (Å²) in [6, 6.07) is 10.9. The van der Waals surface area contributed by atoms with Gasteiger partial charge >= 0.3 is 0 Å². The van der Waals surface area contributed by atoms with Gasteiger partial charge in [0.05, 0.1) is 17.5 Å². The molecule has 3 heterocycles. The fourth-order valence-corrected chi connectivity index (χ4v) is 6.04. The third kappa shape index (κ3) is 4.45. The van der Waals surface area contributed by atoms with Crippen LogP contribution in [-0.2, 0) is 21.9 Å². The summed E-state index contributed by atoms with van der Waals surface area (Å²) in [5, 5.41) is 2.91. The number of carbonyl (C=O) groups is 1. The molecule has 0 bridgehead atoms. The highest BCUT2D eigenvalue weighted by Gasteiger charge is 2.29. The molecule has 2 aliphatic heterocycles. The maximum absolute atomic E-state index is 12.8. The van der Waals surface area contributed by atoms with Gasteiger partial charge in [0.1, 0.15) is 0 Å². The molecule has 0 aliphatic carbocycles. The summed E-state index contributed by atoms with van der Waals surface area (Å²) in [7, 11) is -1.42. The van der Waals surface area contributed by atoms with Gasteiger partial charge in [0.2, 0.25) is 15.9 Å². The van der Waals surface area contributed by atoms with Crippen LogP contribution in [0.15, 0.2) is 47.5 Å². The van der Waals surface area contributed by atoms with Crippen molar-refractivity contribution < 1.29 is 13.2 Å². The van der Waals surface area contributed by atoms with E-state index >= 15 is 0 Å². The van der Waals surface area contributed by atoms with Crippen LogP contribution in [0.5, 0.6) is 0 Å². The molecule has 8 heteroatoms. The van der Waals surface area contributed by atoms with Gasteiger partial charge in [-0.3, -0.25) is 9.69 Å². The maximum Gasteiger partial charge on any atom is 0.243 e. The van der Waals surface area contributed by atoms with Crippen LogP contribution < -0.4 is 5.32 Å². The van der Waals surface area contributed by atoms with E-state index in [1.54, 1.807) is 28.6 Å². The molecule has 7 nitrogen and oxygen atoms in total. The average Bonchev–Trinajstić information content (AvgIpc) is 3.37. The van der Waals surface area contributed by atoms with E-state index in [1.807, 2.05) is 19.3 Å². The highest BCUT2D eigenvalue weighted by atomic mass is 32.2. The molecule has 1 unspecified atom stereocenters. The second-order valence-corrected chi connectivity index (χ2v) is 10.1. The molecule has 0 saturated carbocycles. The second kappa shape index (κ2) is 8.91. The molecule has 1 amide bonds. The summed E-state index contributed by atoms with van der Waals surface area (Å²) in [5.74, 6) is -0.0808. The zero-order chi connectivity index (χ0) is 21.1. The van der Waals surface area contributed by atoms with Gasteiger partial charge in [-0.15, -0.1) is 0 Å². The first-order valence-electron chi connectivity index (χ1n) is 10.7. The molecule has 1 aromatic carbocycles. The molecule has 0 radical (unpaired) electrons. The van der Waals surface area contributed by atoms with Crippen molar-refractivity contribution in [1.82, 2.24) is 13.8 Å². The number of anilines is 1. The van der Waals surface area contributed by atoms with Gasteiger partial charge < -0.3 is 9.88 Å². The van der Waals surface area contributed by atoms with Crippen LogP contribution in [0.4, 0.5) is 5.69 Å². The molecule has 4 rings (SSSR count). The number of rotatable bonds is 6. The number of likely N-dealkylation sites (tertiary alicyclic amines) is 1. The Kier molecular flexibility index (Phi) is 6.26. The minimum atomic E-state index is -3.45. The van der Waals surface area contributed by atoms with Gasteiger partial charge in [-0.25, -0.2) is 8.42 Å². The fraction of sp³-hybridized carbons (Fsp3) is 0.500. The number of benzene rings is 1. The van der Waals surface area contributed by atoms with E-state index in [4.69, 9.17) is 0 Å². The smallest absolute Gasteiger partial charge is 0.243 e. The number of piperidine rings is 1. The van der Waals surface area contributed by atoms with Crippen LogP contribution >= 0.6 is 0 Å². The summed E-state index contributed by atoms with van der Waals surface area (Å²) in [5.41, 5.74) is 1.85. The molecule has 2 fully saturated rings. The first kappa shape index (κ1) is 21.1. The number of aryl methyl sites for hydroxylation is 1. The Morgan fingerprint density at radius 1 is 1.03 bits per heavy atom. The molecule has 2 saturated heterocycles. The first-order chi connectivity index (χ1) is 14.4. The van der Waals surface area contributed by atoms with Crippen molar-refractivity contribution in [1.29, 1.82) is 0 Å². The van der Waals surface area contributed by atoms with Crippen molar-refractivity contribution >= 4 is 21.6 Å². The van der Waals surface area contributed by atoms with Crippen molar-refractivity contribution in [3.63, 3.8) is 0 Å². The molecule has 1 atom stereocenters. The van der Waals surface area contributed by atoms with Gasteiger partial charge in [-0.05, 0) is 68.6 Å². The number of carbonyl (C=O) groups excluding carboxylic acids is 1. The largest absolute Gasteiger partial charge is 0.353 e. The molecule has 30 heavy (non-hydrogen) atoms. The Hall–Kier alpha value is -2.16. The van der Waals surface area contributed by atoms with Crippen molar-refractivity contribution in [2.45, 2.75) is 43.0 Å². The molecule has 162 valence electrons. The summed E-state index contributed by atoms with van der Waals surface area (Å²) < 4.78 is 29.2. The zero-order valence-corrected chi connectivity index (χ0v) is 18.3. The van der Waals surface area contributed by atoms with Crippen LogP contribution in [0, 0.1) is 0 Å². The number of nitrogens with zero attached hydrogens (tertiary/aromatic N) is 3. The Bertz CT molecular complexity index is 978. The number of hydrogen-bond acceptors (Lipinski definition) is 4. The van der Waals surface area contributed by atoms with E-state index in [9.17, 15) is 13.2 Å². The van der Waals surface area contributed by atoms with Crippen molar-refractivity contribution in [2.75, 3.05) is 31.5 Å². The van der Waals surface area contributed by atoms with Gasteiger partial charge in [0.25, 0.3) is 0 Å². The third-order valence-corrected chi connectivity index (χ3v) is 8.04. The molecule has 1 N–H and O–H groups in total. The molecular formula is C22H30N4O3S. The number of nitrogens with one attached hydrogen (secondary N) is 1. The minimum absolute atomic E-state index is 0.0808. The van der Waals surface area contributed by atoms with E-state index in [0.29, 0.717) is 25.3 Å². The number of hydrogen-bond donors (Lipinski definition) is 1. The first-order valence-corrected chi connectivity index (χ1v) is 12.1. The lowest BCUT2D eigenvalue weighted by Gasteiger charge is -2.26. The monoisotopic (exact) mass is 430 g/mol. The van der Waals surface area contributed by atoms with Crippen molar-refractivity contribution in [2.24, 2.45) is 7.05 Å². The Morgan fingerprint density at radius 2 is 1.77 bits per heavy atom. The quantitative estimate of drug-likeness (QED) is 0.765. The molecule has 2 aliphatic rings. The molecule has 0 spiro atoms. The van der Waals surface area contributed by atoms with E-state index in [0.717, 1.165) is 38.6 Å². The second-order valence-electron chi connectivity index (χ2n) is 8.21. The van der Waals surface area contributed by atoms with E-state index in [1.165, 1.54) is 5.69 Å². The average molecular weight is 431 g/mol. The predicted octanol–water partition coefficient (Wildman–Crippen LogP) is 2.98. The molecule has 2 aromatic rings. The van der Waals surface area contributed by atoms with E-state index in [-0.39, 0.29) is 16.8 Å². The van der Waals surface area contributed by atoms with Crippen LogP contribution in [0.25, 0.3) is 0 Å². The summed E-state index contributed by atoms with van der Waals surface area (Å²) >= 11 is 0. The number of amides is 1. The lowest BCUT2D eigenvalue weighted by Crippen LogP contribution is -2.35. The number of sulfonamides is 1. The Morgan fingerprint density at radius 3 is 2.43 bits per heavy atom. The van der Waals surface area contributed by atoms with Crippen molar-refractivity contribution in [3.8, 4) is 0 Å². The summed E-state index contributed by atoms with van der Waals surface area (Å²) in [6.45, 7) is 2.39. The zero-order valence-electron chi connectivity index (χ0n) is 17.5. The number of aromatic nitrogens is 1. The molecule has 1 aromatic heterocycles. The summed E-state index contributed by atoms with van der Waals surface area (Å²) in [6.07, 6.45) is 7.06. The highest BCUT2D eigenvalue weighted by molar-refractivity contribution is 7.89. The SMILES string of the molecule is Cn1cccc1C1CCCN1CC(=O)Nc1ccc(S(=O)(=O)N2CCCCC2)cc1. The third-order valence-electron chi connectivity index (χ3n) is 6.13. The normalized spacial score (nSPS) is 21.0. The lowest BCUT2D eigenvalue weighted by atomic mass is 10.1. The molecular weight excluding hydrogens is 400 g/mol. The fourth-order valence-electron chi connectivity index (χ4n) is 4.52. The topological polar surface area (TPSA) is 74.6 Å². The van der Waals surface area contributed by atoms with Gasteiger partial charge in [0, 0.05) is 37.7 Å². The van der Waals surface area contributed by atoms with Crippen LogP contribution in [0.1, 0.15) is 43.8 Å². The maximum atomic E-state index is 12.8. The van der Waals surface area contributed by atoms with E-state index < -0.39 is 10.0 Å². The lowest BCUT2D eigenvalue weighted by molar-refractivity contribution is -0.117. The van der Waals surface area contributed by atoms with Gasteiger partial charge in [0.15, 0.2) is 0 Å². The highest BCUT2D eigenvalue weighted by Crippen LogP contribution is 2.31. The van der Waals surface area contributed by atoms with Gasteiger partial charge in [-0.2, -0.15) is 4.31 Å².